The van der Waals surface area contributed by atoms with Crippen LogP contribution in [0.15, 0.2) is 23.4 Å². The molecular weight excluding hydrogens is 170 g/mol. The lowest BCUT2D eigenvalue weighted by Crippen LogP contribution is -1.76. The van der Waals surface area contributed by atoms with Crippen molar-refractivity contribution in [2.24, 2.45) is 5.18 Å². The van der Waals surface area contributed by atoms with Crippen molar-refractivity contribution in [2.75, 3.05) is 0 Å². The molecule has 0 amide bonds. The Balaban J connectivity index is 0.000000424. The van der Waals surface area contributed by atoms with Crippen LogP contribution in [0.2, 0.25) is 0 Å². The van der Waals surface area contributed by atoms with Gasteiger partial charge in [-0.15, -0.1) is 4.91 Å². The Hall–Kier alpha value is -1.71. The maximum Gasteiger partial charge on any atom is 0.290 e. The van der Waals surface area contributed by atoms with Crippen molar-refractivity contribution < 1.29 is 9.90 Å². The van der Waals surface area contributed by atoms with E-state index >= 15 is 0 Å². The van der Waals surface area contributed by atoms with E-state index < -0.39 is 0 Å². The highest BCUT2D eigenvalue weighted by molar-refractivity contribution is 5.51. The van der Waals surface area contributed by atoms with Gasteiger partial charge in [-0.05, 0) is 30.2 Å². The smallest absolute Gasteiger partial charge is 0.290 e. The van der Waals surface area contributed by atoms with Crippen LogP contribution in [-0.4, -0.2) is 11.6 Å². The summed E-state index contributed by atoms with van der Waals surface area (Å²) in [6, 6.07) is 5.67. The molecule has 4 nitrogen and oxygen atoms in total. The van der Waals surface area contributed by atoms with Gasteiger partial charge in [0.15, 0.2) is 0 Å². The zero-order valence-electron chi connectivity index (χ0n) is 7.52. The summed E-state index contributed by atoms with van der Waals surface area (Å²) >= 11 is 0. The SMILES string of the molecule is Cc1cccc(C)c1N=O.O=CO. The first-order valence-electron chi connectivity index (χ1n) is 3.64. The molecule has 0 aliphatic rings. The third-order valence-corrected chi connectivity index (χ3v) is 1.53. The number of aryl methyl sites for hydroxylation is 2. The molecule has 0 aliphatic heterocycles. The van der Waals surface area contributed by atoms with E-state index in [1.54, 1.807) is 0 Å². The van der Waals surface area contributed by atoms with Crippen LogP contribution >= 0.6 is 0 Å². The second-order valence-electron chi connectivity index (χ2n) is 2.44. The Morgan fingerprint density at radius 1 is 1.31 bits per heavy atom. The Morgan fingerprint density at radius 3 is 1.92 bits per heavy atom. The van der Waals surface area contributed by atoms with Crippen molar-refractivity contribution in [3.8, 4) is 0 Å². The van der Waals surface area contributed by atoms with Crippen LogP contribution in [0.5, 0.6) is 0 Å². The van der Waals surface area contributed by atoms with Crippen LogP contribution < -0.4 is 0 Å². The van der Waals surface area contributed by atoms with Gasteiger partial charge in [0.05, 0.1) is 0 Å². The van der Waals surface area contributed by atoms with Crippen LogP contribution in [-0.2, 0) is 4.79 Å². The van der Waals surface area contributed by atoms with Gasteiger partial charge in [-0.1, -0.05) is 18.2 Å². The topological polar surface area (TPSA) is 66.7 Å². The zero-order valence-corrected chi connectivity index (χ0v) is 7.52. The Bertz CT molecular complexity index is 277. The van der Waals surface area contributed by atoms with Gasteiger partial charge in [0.2, 0.25) is 0 Å². The quantitative estimate of drug-likeness (QED) is 0.534. The minimum absolute atomic E-state index is 0.250. The summed E-state index contributed by atoms with van der Waals surface area (Å²) in [4.78, 5) is 18.6. The van der Waals surface area contributed by atoms with E-state index in [9.17, 15) is 4.91 Å². The first-order valence-corrected chi connectivity index (χ1v) is 3.64. The predicted octanol–water partition coefficient (Wildman–Crippen LogP) is 2.40. The van der Waals surface area contributed by atoms with Gasteiger partial charge < -0.3 is 5.11 Å². The van der Waals surface area contributed by atoms with Gasteiger partial charge in [0, 0.05) is 0 Å². The molecule has 0 heterocycles. The highest BCUT2D eigenvalue weighted by Gasteiger charge is 1.98. The number of nitroso groups, excluding NO2 is 1. The van der Waals surface area contributed by atoms with E-state index in [1.807, 2.05) is 32.0 Å². The predicted molar refractivity (Wildman–Crippen MR) is 50.1 cm³/mol. The van der Waals surface area contributed by atoms with Crippen molar-refractivity contribution in [2.45, 2.75) is 13.8 Å². The molecule has 4 heteroatoms. The number of rotatable bonds is 1. The minimum atomic E-state index is -0.250. The monoisotopic (exact) mass is 181 g/mol. The lowest BCUT2D eigenvalue weighted by atomic mass is 10.1. The van der Waals surface area contributed by atoms with Crippen molar-refractivity contribution in [1.82, 2.24) is 0 Å². The number of hydrogen-bond acceptors (Lipinski definition) is 3. The molecule has 0 aliphatic carbocycles. The molecule has 1 aromatic rings. The van der Waals surface area contributed by atoms with Gasteiger partial charge >= 0.3 is 0 Å². The molecule has 0 fully saturated rings. The summed E-state index contributed by atoms with van der Waals surface area (Å²) in [7, 11) is 0. The van der Waals surface area contributed by atoms with E-state index in [-0.39, 0.29) is 6.47 Å². The molecule has 0 unspecified atom stereocenters. The Labute approximate surface area is 76.2 Å². The normalized spacial score (nSPS) is 8.15. The fourth-order valence-corrected chi connectivity index (χ4v) is 0.950. The highest BCUT2D eigenvalue weighted by Crippen LogP contribution is 2.21. The second-order valence-corrected chi connectivity index (χ2v) is 2.44. The average molecular weight is 181 g/mol. The van der Waals surface area contributed by atoms with Crippen molar-refractivity contribution in [3.05, 3.63) is 34.2 Å². The first kappa shape index (κ1) is 11.3. The van der Waals surface area contributed by atoms with Gasteiger partial charge in [-0.2, -0.15) is 0 Å². The van der Waals surface area contributed by atoms with E-state index in [2.05, 4.69) is 5.18 Å². The van der Waals surface area contributed by atoms with E-state index in [4.69, 9.17) is 9.90 Å². The van der Waals surface area contributed by atoms with E-state index in [1.165, 1.54) is 0 Å². The molecule has 0 radical (unpaired) electrons. The third-order valence-electron chi connectivity index (χ3n) is 1.53. The molecule has 0 spiro atoms. The lowest BCUT2D eigenvalue weighted by Gasteiger charge is -1.97. The zero-order chi connectivity index (χ0) is 10.3. The summed E-state index contributed by atoms with van der Waals surface area (Å²) in [5.74, 6) is 0. The summed E-state index contributed by atoms with van der Waals surface area (Å²) in [6.45, 7) is 3.51. The molecule has 0 aromatic heterocycles. The molecule has 0 bridgehead atoms. The first-order chi connectivity index (χ1) is 6.17. The van der Waals surface area contributed by atoms with Gasteiger partial charge in [0.25, 0.3) is 6.47 Å². The number of carbonyl (C=O) groups is 1. The summed E-state index contributed by atoms with van der Waals surface area (Å²) in [6.07, 6.45) is 0. The highest BCUT2D eigenvalue weighted by atomic mass is 16.3. The number of carboxylic acid groups (broad SMARTS) is 1. The van der Waals surface area contributed by atoms with Crippen LogP contribution in [0.4, 0.5) is 5.69 Å². The fraction of sp³-hybridized carbons (Fsp3) is 0.222. The second kappa shape index (κ2) is 5.88. The Morgan fingerprint density at radius 2 is 1.69 bits per heavy atom. The van der Waals surface area contributed by atoms with Crippen LogP contribution in [0, 0.1) is 18.8 Å². The van der Waals surface area contributed by atoms with Crippen LogP contribution in [0.25, 0.3) is 0 Å². The fourth-order valence-electron chi connectivity index (χ4n) is 0.950. The van der Waals surface area contributed by atoms with Crippen molar-refractivity contribution >= 4 is 12.2 Å². The summed E-state index contributed by atoms with van der Waals surface area (Å²) < 4.78 is 0. The third kappa shape index (κ3) is 3.46. The molecule has 0 saturated carbocycles. The molecule has 13 heavy (non-hydrogen) atoms. The van der Waals surface area contributed by atoms with Crippen LogP contribution in [0.1, 0.15) is 11.1 Å². The molecular formula is C9H11NO3. The molecule has 70 valence electrons. The Kier molecular flexibility index (Phi) is 5.11. The maximum atomic E-state index is 10.2. The lowest BCUT2D eigenvalue weighted by molar-refractivity contribution is -0.122. The molecule has 1 N–H and O–H groups in total. The minimum Gasteiger partial charge on any atom is -0.483 e. The molecule has 0 atom stereocenters. The van der Waals surface area contributed by atoms with E-state index in [0.717, 1.165) is 11.1 Å². The number of benzene rings is 1. The summed E-state index contributed by atoms with van der Waals surface area (Å²) in [5.41, 5.74) is 2.45. The molecule has 1 aromatic carbocycles. The van der Waals surface area contributed by atoms with Crippen molar-refractivity contribution in [1.29, 1.82) is 0 Å². The largest absolute Gasteiger partial charge is 0.483 e. The van der Waals surface area contributed by atoms with Crippen molar-refractivity contribution in [3.63, 3.8) is 0 Å². The summed E-state index contributed by atoms with van der Waals surface area (Å²) in [5, 5.41) is 9.81. The number of nitrogens with zero attached hydrogens (tertiary/aromatic N) is 1. The van der Waals surface area contributed by atoms with Gasteiger partial charge in [-0.3, -0.25) is 4.79 Å². The number of hydrogen-bond donors (Lipinski definition) is 1. The van der Waals surface area contributed by atoms with Gasteiger partial charge in [-0.25, -0.2) is 0 Å². The standard InChI is InChI=1S/C8H9NO.CH2O2/c1-6-4-3-5-7(2)8(6)9-10;2-1-3/h3-5H,1-2H3;1H,(H,2,3). The van der Waals surface area contributed by atoms with Crippen LogP contribution in [0.3, 0.4) is 0 Å². The van der Waals surface area contributed by atoms with Gasteiger partial charge in [0.1, 0.15) is 5.69 Å². The van der Waals surface area contributed by atoms with E-state index in [0.29, 0.717) is 5.69 Å². The molecule has 0 saturated heterocycles. The molecule has 1 rings (SSSR count). The average Bonchev–Trinajstić information content (AvgIpc) is 2.06. The maximum absolute atomic E-state index is 10.2.